The second-order valence-corrected chi connectivity index (χ2v) is 15.3. The molecule has 0 aliphatic carbocycles. The van der Waals surface area contributed by atoms with Crippen LogP contribution in [0.3, 0.4) is 0 Å². The second-order valence-electron chi connectivity index (χ2n) is 15.3. The Labute approximate surface area is 356 Å². The molecular formula is C51H57N9. The van der Waals surface area contributed by atoms with Gasteiger partial charge in [-0.2, -0.15) is 0 Å². The van der Waals surface area contributed by atoms with Gasteiger partial charge in [0.05, 0.1) is 34.2 Å². The van der Waals surface area contributed by atoms with E-state index in [0.717, 1.165) is 73.1 Å². The molecule has 0 radical (unpaired) electrons. The fourth-order valence-corrected chi connectivity index (χ4v) is 8.44. The summed E-state index contributed by atoms with van der Waals surface area (Å²) in [6.45, 7) is 13.6. The highest BCUT2D eigenvalue weighted by atomic mass is 15.2. The number of hydrogen-bond donors (Lipinski definition) is 0. The van der Waals surface area contributed by atoms with Crippen molar-refractivity contribution >= 4 is 0 Å². The molecule has 306 valence electrons. The van der Waals surface area contributed by atoms with E-state index in [9.17, 15) is 0 Å². The van der Waals surface area contributed by atoms with Gasteiger partial charge in [-0.15, -0.1) is 0 Å². The van der Waals surface area contributed by atoms with Crippen LogP contribution in [0, 0.1) is 0 Å². The van der Waals surface area contributed by atoms with Crippen LogP contribution in [0.2, 0.25) is 0 Å². The molecule has 6 aromatic heterocycles. The highest BCUT2D eigenvalue weighted by Crippen LogP contribution is 2.35. The lowest BCUT2D eigenvalue weighted by Crippen LogP contribution is -2.30. The monoisotopic (exact) mass is 795 g/mol. The molecule has 0 N–H and O–H groups in total. The second kappa shape index (κ2) is 21.8. The summed E-state index contributed by atoms with van der Waals surface area (Å²) in [5, 5.41) is 0. The minimum absolute atomic E-state index is 0.709. The molecule has 9 nitrogen and oxygen atoms in total. The first-order valence-electron chi connectivity index (χ1n) is 21.3. The third kappa shape index (κ3) is 11.6. The van der Waals surface area contributed by atoms with Crippen molar-refractivity contribution in [1.29, 1.82) is 0 Å². The van der Waals surface area contributed by atoms with Crippen LogP contribution in [-0.2, 0) is 78.2 Å². The summed E-state index contributed by atoms with van der Waals surface area (Å²) in [6, 6.07) is 37.2. The van der Waals surface area contributed by atoms with Gasteiger partial charge in [0.15, 0.2) is 0 Å². The third-order valence-corrected chi connectivity index (χ3v) is 11.1. The molecule has 9 heteroatoms. The molecule has 7 aromatic rings. The smallest absolute Gasteiger partial charge is 0.0544 e. The summed E-state index contributed by atoms with van der Waals surface area (Å²) in [5.41, 5.74) is 14.8. The molecular weight excluding hydrogens is 739 g/mol. The maximum atomic E-state index is 4.79. The molecule has 0 amide bonds. The van der Waals surface area contributed by atoms with Crippen LogP contribution >= 0.6 is 0 Å². The van der Waals surface area contributed by atoms with Crippen LogP contribution < -0.4 is 0 Å². The average molecular weight is 796 g/mol. The first-order valence-corrected chi connectivity index (χ1v) is 21.3. The molecule has 1 aromatic carbocycles. The number of pyridine rings is 6. The summed E-state index contributed by atoms with van der Waals surface area (Å²) in [4.78, 5) is 36.3. The van der Waals surface area contributed by atoms with E-state index in [1.165, 1.54) is 33.4 Å². The van der Waals surface area contributed by atoms with Gasteiger partial charge in [-0.3, -0.25) is 44.6 Å². The van der Waals surface area contributed by atoms with Gasteiger partial charge in [-0.1, -0.05) is 57.2 Å². The first-order chi connectivity index (χ1) is 29.6. The molecule has 0 saturated heterocycles. The zero-order valence-corrected chi connectivity index (χ0v) is 35.4. The Bertz CT molecular complexity index is 1900. The van der Waals surface area contributed by atoms with Gasteiger partial charge in [-0.25, -0.2) is 0 Å². The van der Waals surface area contributed by atoms with Crippen LogP contribution in [-0.4, -0.2) is 44.6 Å². The van der Waals surface area contributed by atoms with Crippen molar-refractivity contribution in [3.8, 4) is 0 Å². The normalized spacial score (nSPS) is 11.5. The Hall–Kier alpha value is -6.00. The van der Waals surface area contributed by atoms with E-state index in [4.69, 9.17) is 29.9 Å². The Morgan fingerprint density at radius 1 is 0.267 bits per heavy atom. The Balaban J connectivity index is 1.38. The zero-order valence-electron chi connectivity index (χ0n) is 35.4. The number of benzene rings is 1. The molecule has 0 aliphatic heterocycles. The predicted octanol–water partition coefficient (Wildman–Crippen LogP) is 9.35. The number of aromatic nitrogens is 6. The molecule has 6 heterocycles. The van der Waals surface area contributed by atoms with Crippen molar-refractivity contribution < 1.29 is 0 Å². The number of nitrogens with zero attached hydrogens (tertiary/aromatic N) is 9. The summed E-state index contributed by atoms with van der Waals surface area (Å²) < 4.78 is 0. The van der Waals surface area contributed by atoms with E-state index in [0.29, 0.717) is 39.3 Å². The fraction of sp³-hybridized carbons (Fsp3) is 0.294. The van der Waals surface area contributed by atoms with Crippen molar-refractivity contribution in [3.63, 3.8) is 0 Å². The molecule has 0 spiro atoms. The maximum absolute atomic E-state index is 4.79. The van der Waals surface area contributed by atoms with Crippen LogP contribution in [0.1, 0.15) is 88.3 Å². The number of rotatable bonds is 21. The predicted molar refractivity (Wildman–Crippen MR) is 239 cm³/mol. The van der Waals surface area contributed by atoms with E-state index in [2.05, 4.69) is 108 Å². The van der Waals surface area contributed by atoms with Gasteiger partial charge in [0.25, 0.3) is 0 Å². The topological polar surface area (TPSA) is 87.1 Å². The van der Waals surface area contributed by atoms with Crippen LogP contribution in [0.5, 0.6) is 0 Å². The maximum Gasteiger partial charge on any atom is 0.0544 e. The Morgan fingerprint density at radius 2 is 0.467 bits per heavy atom. The van der Waals surface area contributed by atoms with Gasteiger partial charge < -0.3 is 0 Å². The van der Waals surface area contributed by atoms with Gasteiger partial charge in [0.2, 0.25) is 0 Å². The van der Waals surface area contributed by atoms with Crippen molar-refractivity contribution in [2.24, 2.45) is 0 Å². The van der Waals surface area contributed by atoms with E-state index in [1.807, 2.05) is 73.6 Å². The molecule has 0 aliphatic rings. The minimum Gasteiger partial charge on any atom is -0.287 e. The minimum atomic E-state index is 0.709. The summed E-state index contributed by atoms with van der Waals surface area (Å²) >= 11 is 0. The quantitative estimate of drug-likeness (QED) is 0.0707. The summed E-state index contributed by atoms with van der Waals surface area (Å²) in [6.07, 6.45) is 14.1. The molecule has 0 bridgehead atoms. The van der Waals surface area contributed by atoms with Crippen LogP contribution in [0.15, 0.2) is 146 Å². The molecule has 60 heavy (non-hydrogen) atoms. The average Bonchev–Trinajstić information content (AvgIpc) is 3.28. The van der Waals surface area contributed by atoms with Crippen molar-refractivity contribution in [2.75, 3.05) is 0 Å². The molecule has 0 saturated carbocycles. The van der Waals surface area contributed by atoms with Crippen molar-refractivity contribution in [2.45, 2.75) is 98.9 Å². The standard InChI is InChI=1S/C51H57N9/c1-4-46-49(37-58(31-40-19-7-13-25-52-40)32-41-20-8-14-26-53-41)47(5-2)51(39-60(35-44-23-11-17-29-56-44)36-45-24-12-18-30-57-45)48(6-3)50(46)38-59(33-42-21-9-15-27-54-42)34-43-22-10-16-28-55-43/h7-30H,4-6,31-39H2,1-3H3. The highest BCUT2D eigenvalue weighted by Gasteiger charge is 2.26. The van der Waals surface area contributed by atoms with E-state index >= 15 is 0 Å². The third-order valence-electron chi connectivity index (χ3n) is 11.1. The molecule has 7 rings (SSSR count). The largest absolute Gasteiger partial charge is 0.287 e. The van der Waals surface area contributed by atoms with Crippen molar-refractivity contribution in [1.82, 2.24) is 44.6 Å². The lowest BCUT2D eigenvalue weighted by molar-refractivity contribution is 0.230. The Kier molecular flexibility index (Phi) is 15.3. The zero-order chi connectivity index (χ0) is 41.4. The fourth-order valence-electron chi connectivity index (χ4n) is 8.44. The number of hydrogen-bond acceptors (Lipinski definition) is 9. The first kappa shape index (κ1) is 42.1. The van der Waals surface area contributed by atoms with Crippen LogP contribution in [0.4, 0.5) is 0 Å². The molecule has 0 fully saturated rings. The van der Waals surface area contributed by atoms with Gasteiger partial charge in [0.1, 0.15) is 0 Å². The Morgan fingerprint density at radius 3 is 0.617 bits per heavy atom. The van der Waals surface area contributed by atoms with Crippen molar-refractivity contribution in [3.05, 3.63) is 214 Å². The lowest BCUT2D eigenvalue weighted by Gasteiger charge is -2.33. The molecule has 0 unspecified atom stereocenters. The van der Waals surface area contributed by atoms with E-state index in [1.54, 1.807) is 0 Å². The summed E-state index contributed by atoms with van der Waals surface area (Å²) in [5.74, 6) is 0. The van der Waals surface area contributed by atoms with Gasteiger partial charge >= 0.3 is 0 Å². The van der Waals surface area contributed by atoms with E-state index in [-0.39, 0.29) is 0 Å². The highest BCUT2D eigenvalue weighted by molar-refractivity contribution is 5.53. The lowest BCUT2D eigenvalue weighted by atomic mass is 9.82. The molecule has 0 atom stereocenters. The SMILES string of the molecule is CCc1c(CN(Cc2ccccn2)Cc2ccccn2)c(CC)c(CN(Cc2ccccn2)Cc2ccccn2)c(CC)c1CN(Cc1ccccn1)Cc1ccccn1. The van der Waals surface area contributed by atoms with E-state index < -0.39 is 0 Å². The van der Waals surface area contributed by atoms with Crippen LogP contribution in [0.25, 0.3) is 0 Å². The van der Waals surface area contributed by atoms with Gasteiger partial charge in [-0.05, 0) is 125 Å². The summed E-state index contributed by atoms with van der Waals surface area (Å²) in [7, 11) is 0. The van der Waals surface area contributed by atoms with Gasteiger partial charge in [0, 0.05) is 96.1 Å².